The SMILES string of the molecule is O=C(O)c1n[nH]c2cc(Cl)c(-c3ccc(C4CCCCC4)cc3)cc12. The van der Waals surface area contributed by atoms with E-state index in [1.54, 1.807) is 12.1 Å². The summed E-state index contributed by atoms with van der Waals surface area (Å²) in [5.41, 5.74) is 3.85. The molecule has 1 saturated carbocycles. The smallest absolute Gasteiger partial charge is 0.357 e. The van der Waals surface area contributed by atoms with Gasteiger partial charge in [-0.3, -0.25) is 5.10 Å². The fourth-order valence-corrected chi connectivity index (χ4v) is 4.07. The summed E-state index contributed by atoms with van der Waals surface area (Å²) in [6, 6.07) is 12.1. The molecule has 1 aliphatic carbocycles. The minimum Gasteiger partial charge on any atom is -0.476 e. The maximum Gasteiger partial charge on any atom is 0.357 e. The van der Waals surface area contributed by atoms with Gasteiger partial charge in [-0.1, -0.05) is 55.1 Å². The highest BCUT2D eigenvalue weighted by Gasteiger charge is 2.17. The Labute approximate surface area is 150 Å². The van der Waals surface area contributed by atoms with Crippen LogP contribution in [0.15, 0.2) is 36.4 Å². The third-order valence-electron chi connectivity index (χ3n) is 5.15. The lowest BCUT2D eigenvalue weighted by Gasteiger charge is -2.22. The topological polar surface area (TPSA) is 66.0 Å². The zero-order chi connectivity index (χ0) is 17.4. The third-order valence-corrected chi connectivity index (χ3v) is 5.46. The molecule has 0 spiro atoms. The molecule has 2 N–H and O–H groups in total. The molecule has 0 bridgehead atoms. The number of H-pyrrole nitrogens is 1. The standard InChI is InChI=1S/C20H19ClN2O2/c21-17-11-18-16(19(20(24)25)23-22-18)10-15(17)14-8-6-13(7-9-14)12-4-2-1-3-5-12/h6-12H,1-5H2,(H,22,23)(H,24,25). The van der Waals surface area contributed by atoms with Crippen LogP contribution in [0.3, 0.4) is 0 Å². The highest BCUT2D eigenvalue weighted by molar-refractivity contribution is 6.34. The van der Waals surface area contributed by atoms with Gasteiger partial charge in [-0.05, 0) is 42.0 Å². The number of carboxylic acids is 1. The van der Waals surface area contributed by atoms with E-state index >= 15 is 0 Å². The number of halogens is 1. The minimum absolute atomic E-state index is 0.0201. The summed E-state index contributed by atoms with van der Waals surface area (Å²) in [5.74, 6) is -0.389. The maximum absolute atomic E-state index is 11.3. The van der Waals surface area contributed by atoms with Crippen LogP contribution in [0, 0.1) is 0 Å². The Balaban J connectivity index is 1.72. The Hall–Kier alpha value is -2.33. The number of rotatable bonds is 3. The average molecular weight is 355 g/mol. The van der Waals surface area contributed by atoms with Gasteiger partial charge in [-0.25, -0.2) is 4.79 Å². The first-order chi connectivity index (χ1) is 12.1. The van der Waals surface area contributed by atoms with Crippen LogP contribution in [0.25, 0.3) is 22.0 Å². The van der Waals surface area contributed by atoms with Crippen LogP contribution in [0.5, 0.6) is 0 Å². The van der Waals surface area contributed by atoms with Crippen molar-refractivity contribution in [1.29, 1.82) is 0 Å². The van der Waals surface area contributed by atoms with Crippen molar-refractivity contribution in [2.45, 2.75) is 38.0 Å². The zero-order valence-electron chi connectivity index (χ0n) is 13.8. The molecule has 0 atom stereocenters. The van der Waals surface area contributed by atoms with E-state index in [2.05, 4.69) is 34.5 Å². The van der Waals surface area contributed by atoms with E-state index in [1.165, 1.54) is 37.7 Å². The Kier molecular flexibility index (Phi) is 4.22. The van der Waals surface area contributed by atoms with Gasteiger partial charge in [0.2, 0.25) is 0 Å². The number of hydrogen-bond donors (Lipinski definition) is 2. The third kappa shape index (κ3) is 3.02. The average Bonchev–Trinajstić information content (AvgIpc) is 3.05. The number of aromatic carboxylic acids is 1. The number of nitrogens with zero attached hydrogens (tertiary/aromatic N) is 1. The Morgan fingerprint density at radius 3 is 2.52 bits per heavy atom. The first-order valence-electron chi connectivity index (χ1n) is 8.65. The van der Waals surface area contributed by atoms with Gasteiger partial charge in [-0.2, -0.15) is 5.10 Å². The molecule has 128 valence electrons. The summed E-state index contributed by atoms with van der Waals surface area (Å²) < 4.78 is 0. The molecule has 0 radical (unpaired) electrons. The first-order valence-corrected chi connectivity index (χ1v) is 9.02. The van der Waals surface area contributed by atoms with E-state index in [-0.39, 0.29) is 5.69 Å². The number of fused-ring (bicyclic) bond motifs is 1. The molecule has 1 aromatic heterocycles. The molecule has 1 heterocycles. The molecule has 1 aliphatic rings. The molecule has 0 amide bonds. The van der Waals surface area contributed by atoms with E-state index in [4.69, 9.17) is 11.6 Å². The first kappa shape index (κ1) is 16.2. The number of carboxylic acid groups (broad SMARTS) is 1. The summed E-state index contributed by atoms with van der Waals surface area (Å²) in [7, 11) is 0. The van der Waals surface area contributed by atoms with Crippen LogP contribution in [0.1, 0.15) is 54.1 Å². The molecule has 2 aromatic carbocycles. The molecule has 0 aliphatic heterocycles. The quantitative estimate of drug-likeness (QED) is 0.640. The Bertz CT molecular complexity index is 925. The molecule has 5 heteroatoms. The Morgan fingerprint density at radius 1 is 1.12 bits per heavy atom. The van der Waals surface area contributed by atoms with Gasteiger partial charge in [0.25, 0.3) is 0 Å². The van der Waals surface area contributed by atoms with Gasteiger partial charge in [0.05, 0.1) is 10.5 Å². The number of carbonyl (C=O) groups is 1. The number of aromatic nitrogens is 2. The van der Waals surface area contributed by atoms with E-state index in [1.807, 2.05) is 0 Å². The van der Waals surface area contributed by atoms with Crippen LogP contribution in [0.2, 0.25) is 5.02 Å². The van der Waals surface area contributed by atoms with E-state index in [0.717, 1.165) is 11.1 Å². The van der Waals surface area contributed by atoms with Gasteiger partial charge in [0.15, 0.2) is 5.69 Å². The molecule has 1 fully saturated rings. The van der Waals surface area contributed by atoms with Crippen molar-refractivity contribution in [3.05, 3.63) is 52.7 Å². The largest absolute Gasteiger partial charge is 0.476 e. The molecule has 3 aromatic rings. The van der Waals surface area contributed by atoms with Crippen LogP contribution in [0.4, 0.5) is 0 Å². The maximum atomic E-state index is 11.3. The second-order valence-electron chi connectivity index (χ2n) is 6.71. The number of nitrogens with one attached hydrogen (secondary N) is 1. The Morgan fingerprint density at radius 2 is 1.84 bits per heavy atom. The molecule has 0 unspecified atom stereocenters. The van der Waals surface area contributed by atoms with Crippen LogP contribution in [-0.2, 0) is 0 Å². The minimum atomic E-state index is -1.05. The van der Waals surface area contributed by atoms with Crippen molar-refractivity contribution in [2.24, 2.45) is 0 Å². The summed E-state index contributed by atoms with van der Waals surface area (Å²) in [5, 5.41) is 17.0. The van der Waals surface area contributed by atoms with Gasteiger partial charge in [-0.15, -0.1) is 0 Å². The second kappa shape index (κ2) is 6.52. The summed E-state index contributed by atoms with van der Waals surface area (Å²) >= 11 is 6.42. The fraction of sp³-hybridized carbons (Fsp3) is 0.300. The van der Waals surface area contributed by atoms with Crippen molar-refractivity contribution >= 4 is 28.5 Å². The number of hydrogen-bond acceptors (Lipinski definition) is 2. The molecule has 4 nitrogen and oxygen atoms in total. The lowest BCUT2D eigenvalue weighted by atomic mass is 9.83. The van der Waals surface area contributed by atoms with Crippen molar-refractivity contribution < 1.29 is 9.90 Å². The molecule has 4 rings (SSSR count). The second-order valence-corrected chi connectivity index (χ2v) is 7.12. The monoisotopic (exact) mass is 354 g/mol. The van der Waals surface area contributed by atoms with Gasteiger partial charge < -0.3 is 5.11 Å². The van der Waals surface area contributed by atoms with E-state index in [9.17, 15) is 9.90 Å². The van der Waals surface area contributed by atoms with Crippen molar-refractivity contribution in [3.63, 3.8) is 0 Å². The lowest BCUT2D eigenvalue weighted by molar-refractivity contribution is 0.0692. The van der Waals surface area contributed by atoms with Crippen LogP contribution in [-0.4, -0.2) is 21.3 Å². The van der Waals surface area contributed by atoms with Crippen molar-refractivity contribution in [3.8, 4) is 11.1 Å². The predicted octanol–water partition coefficient (Wildman–Crippen LogP) is 5.63. The van der Waals surface area contributed by atoms with Crippen LogP contribution < -0.4 is 0 Å². The molecular weight excluding hydrogens is 336 g/mol. The van der Waals surface area contributed by atoms with Crippen molar-refractivity contribution in [1.82, 2.24) is 10.2 Å². The number of benzene rings is 2. The van der Waals surface area contributed by atoms with Gasteiger partial charge in [0, 0.05) is 10.9 Å². The zero-order valence-corrected chi connectivity index (χ0v) is 14.5. The molecule has 25 heavy (non-hydrogen) atoms. The van der Waals surface area contributed by atoms with Gasteiger partial charge in [0.1, 0.15) is 0 Å². The molecular formula is C20H19ClN2O2. The predicted molar refractivity (Wildman–Crippen MR) is 99.3 cm³/mol. The van der Waals surface area contributed by atoms with E-state index in [0.29, 0.717) is 21.8 Å². The normalized spacial score (nSPS) is 15.6. The van der Waals surface area contributed by atoms with Crippen molar-refractivity contribution in [2.75, 3.05) is 0 Å². The van der Waals surface area contributed by atoms with Gasteiger partial charge >= 0.3 is 5.97 Å². The summed E-state index contributed by atoms with van der Waals surface area (Å²) in [6.07, 6.45) is 6.51. The number of aromatic amines is 1. The highest BCUT2D eigenvalue weighted by Crippen LogP contribution is 2.36. The molecule has 0 saturated heterocycles. The van der Waals surface area contributed by atoms with Crippen LogP contribution >= 0.6 is 11.6 Å². The highest BCUT2D eigenvalue weighted by atomic mass is 35.5. The van der Waals surface area contributed by atoms with E-state index < -0.39 is 5.97 Å². The lowest BCUT2D eigenvalue weighted by Crippen LogP contribution is -2.04. The fourth-order valence-electron chi connectivity index (χ4n) is 3.79. The summed E-state index contributed by atoms with van der Waals surface area (Å²) in [4.78, 5) is 11.3. The summed E-state index contributed by atoms with van der Waals surface area (Å²) in [6.45, 7) is 0.